The number of fused-ring (bicyclic) bond motifs is 2. The average molecular weight is 579 g/mol. The van der Waals surface area contributed by atoms with Gasteiger partial charge in [0, 0.05) is 43.9 Å². The highest BCUT2D eigenvalue weighted by Crippen LogP contribution is 2.44. The molecule has 0 unspecified atom stereocenters. The number of piperazine rings is 1. The lowest BCUT2D eigenvalue weighted by Crippen LogP contribution is -2.47. The van der Waals surface area contributed by atoms with E-state index in [1.807, 2.05) is 48.5 Å². The molecule has 0 bridgehead atoms. The van der Waals surface area contributed by atoms with E-state index < -0.39 is 5.92 Å². The van der Waals surface area contributed by atoms with Crippen LogP contribution in [-0.2, 0) is 9.53 Å². The van der Waals surface area contributed by atoms with Crippen molar-refractivity contribution in [1.82, 2.24) is 14.7 Å². The molecule has 39 heavy (non-hydrogen) atoms. The van der Waals surface area contributed by atoms with E-state index in [4.69, 9.17) is 9.47 Å². The van der Waals surface area contributed by atoms with Crippen molar-refractivity contribution in [3.05, 3.63) is 59.7 Å². The van der Waals surface area contributed by atoms with E-state index >= 15 is 0 Å². The predicted octanol–water partition coefficient (Wildman–Crippen LogP) is 5.97. The van der Waals surface area contributed by atoms with Gasteiger partial charge in [-0.15, -0.1) is 24.8 Å². The molecule has 2 fully saturated rings. The number of rotatable bonds is 9. The Morgan fingerprint density at radius 3 is 1.69 bits per heavy atom. The number of halogens is 2. The Morgan fingerprint density at radius 1 is 0.667 bits per heavy atom. The van der Waals surface area contributed by atoms with Crippen LogP contribution in [0.1, 0.15) is 62.0 Å². The van der Waals surface area contributed by atoms with Crippen molar-refractivity contribution >= 4 is 30.8 Å². The Labute approximate surface area is 246 Å². The first-order valence-corrected chi connectivity index (χ1v) is 14.5. The number of esters is 1. The second-order valence-corrected chi connectivity index (χ2v) is 10.8. The number of hydrogen-bond acceptors (Lipinski definition) is 6. The van der Waals surface area contributed by atoms with Crippen molar-refractivity contribution in [1.29, 1.82) is 0 Å². The Kier molecular flexibility index (Phi) is 13.4. The van der Waals surface area contributed by atoms with Gasteiger partial charge in [-0.05, 0) is 64.0 Å². The molecule has 5 rings (SSSR count). The standard InChI is InChI=1S/C31H43N3O3.2ClH/c35-31(30-26-12-4-6-14-28(26)37-29-15-7-5-13-27(29)30)36-25-11-20-34-23-21-33(22-24-34)19-10-18-32-16-8-2-1-3-9-17-32;;/h4-7,12-15,30H,1-3,8-11,16-25H2;2*1H. The fraction of sp³-hybridized carbons (Fsp3) is 0.581. The number of para-hydroxylation sites is 2. The summed E-state index contributed by atoms with van der Waals surface area (Å²) in [4.78, 5) is 21.0. The van der Waals surface area contributed by atoms with Gasteiger partial charge in [0.05, 0.1) is 6.61 Å². The maximum absolute atomic E-state index is 13.2. The Hall–Kier alpha value is -1.83. The number of benzene rings is 2. The lowest BCUT2D eigenvalue weighted by molar-refractivity contribution is -0.144. The van der Waals surface area contributed by atoms with Crippen molar-refractivity contribution in [3.8, 4) is 11.5 Å². The maximum atomic E-state index is 13.2. The van der Waals surface area contributed by atoms with E-state index in [9.17, 15) is 4.79 Å². The van der Waals surface area contributed by atoms with Crippen LogP contribution in [0.25, 0.3) is 0 Å². The van der Waals surface area contributed by atoms with Gasteiger partial charge in [0.15, 0.2) is 0 Å². The van der Waals surface area contributed by atoms with Crippen molar-refractivity contribution in [2.75, 3.05) is 65.5 Å². The summed E-state index contributed by atoms with van der Waals surface area (Å²) in [6.45, 7) is 11.0. The van der Waals surface area contributed by atoms with Crippen molar-refractivity contribution < 1.29 is 14.3 Å². The third kappa shape index (κ3) is 8.83. The minimum absolute atomic E-state index is 0. The second kappa shape index (κ2) is 16.4. The van der Waals surface area contributed by atoms with Gasteiger partial charge in [-0.1, -0.05) is 55.7 Å². The van der Waals surface area contributed by atoms with Crippen LogP contribution in [0.4, 0.5) is 0 Å². The van der Waals surface area contributed by atoms with E-state index in [-0.39, 0.29) is 30.8 Å². The first kappa shape index (κ1) is 31.7. The number of likely N-dealkylation sites (tertiary alicyclic amines) is 1. The van der Waals surface area contributed by atoms with Crippen molar-refractivity contribution in [3.63, 3.8) is 0 Å². The first-order valence-electron chi connectivity index (χ1n) is 14.5. The summed E-state index contributed by atoms with van der Waals surface area (Å²) in [7, 11) is 0. The minimum Gasteiger partial charge on any atom is -0.465 e. The summed E-state index contributed by atoms with van der Waals surface area (Å²) < 4.78 is 11.8. The molecule has 6 nitrogen and oxygen atoms in total. The normalized spacial score (nSPS) is 18.8. The number of carbonyl (C=O) groups excluding carboxylic acids is 1. The summed E-state index contributed by atoms with van der Waals surface area (Å²) in [6, 6.07) is 15.5. The molecule has 2 aromatic rings. The highest BCUT2D eigenvalue weighted by molar-refractivity contribution is 5.86. The van der Waals surface area contributed by atoms with E-state index in [2.05, 4.69) is 14.7 Å². The lowest BCUT2D eigenvalue weighted by Gasteiger charge is -2.35. The van der Waals surface area contributed by atoms with Gasteiger partial charge in [-0.3, -0.25) is 4.79 Å². The van der Waals surface area contributed by atoms with E-state index in [1.54, 1.807) is 0 Å². The van der Waals surface area contributed by atoms with Crippen LogP contribution < -0.4 is 4.74 Å². The molecule has 216 valence electrons. The highest BCUT2D eigenvalue weighted by Gasteiger charge is 2.33. The molecule has 2 aromatic carbocycles. The molecule has 0 amide bonds. The average Bonchev–Trinajstić information content (AvgIpc) is 2.91. The molecule has 8 heteroatoms. The van der Waals surface area contributed by atoms with Crippen molar-refractivity contribution in [2.24, 2.45) is 0 Å². The molecular weight excluding hydrogens is 533 g/mol. The Morgan fingerprint density at radius 2 is 1.13 bits per heavy atom. The smallest absolute Gasteiger partial charge is 0.318 e. The molecule has 3 heterocycles. The van der Waals surface area contributed by atoms with E-state index in [0.29, 0.717) is 6.61 Å². The SMILES string of the molecule is Cl.Cl.O=C(OCCCN1CCN(CCCN2CCCCCCC2)CC1)C1c2ccccc2Oc2ccccc21. The van der Waals surface area contributed by atoms with Crippen LogP contribution in [0, 0.1) is 0 Å². The summed E-state index contributed by atoms with van der Waals surface area (Å²) >= 11 is 0. The molecule has 3 aliphatic heterocycles. The molecule has 2 saturated heterocycles. The van der Waals surface area contributed by atoms with Gasteiger partial charge >= 0.3 is 5.97 Å². The van der Waals surface area contributed by atoms with Gasteiger partial charge in [0.1, 0.15) is 17.4 Å². The van der Waals surface area contributed by atoms with E-state index in [1.165, 1.54) is 64.7 Å². The summed E-state index contributed by atoms with van der Waals surface area (Å²) in [5.41, 5.74) is 1.77. The number of hydrogen-bond donors (Lipinski definition) is 0. The van der Waals surface area contributed by atoms with Crippen LogP contribution in [0.3, 0.4) is 0 Å². The summed E-state index contributed by atoms with van der Waals surface area (Å²) in [5.74, 6) is 0.863. The van der Waals surface area contributed by atoms with E-state index in [0.717, 1.165) is 61.8 Å². The Bertz CT molecular complexity index is 963. The molecular formula is C31H45Cl2N3O3. The molecule has 0 spiro atoms. The number of carbonyl (C=O) groups is 1. The fourth-order valence-corrected chi connectivity index (χ4v) is 6.00. The molecule has 0 aromatic heterocycles. The number of nitrogens with zero attached hydrogens (tertiary/aromatic N) is 3. The zero-order chi connectivity index (χ0) is 25.3. The predicted molar refractivity (Wildman–Crippen MR) is 162 cm³/mol. The third-order valence-corrected chi connectivity index (χ3v) is 8.14. The van der Waals surface area contributed by atoms with Crippen LogP contribution in [0.2, 0.25) is 0 Å². The zero-order valence-corrected chi connectivity index (χ0v) is 24.7. The quantitative estimate of drug-likeness (QED) is 0.270. The largest absolute Gasteiger partial charge is 0.465 e. The summed E-state index contributed by atoms with van der Waals surface area (Å²) in [6.07, 6.45) is 9.17. The van der Waals surface area contributed by atoms with Gasteiger partial charge in [0.2, 0.25) is 0 Å². The van der Waals surface area contributed by atoms with Crippen LogP contribution in [-0.4, -0.2) is 86.2 Å². The number of ether oxygens (including phenoxy) is 2. The topological polar surface area (TPSA) is 45.2 Å². The van der Waals surface area contributed by atoms with Gasteiger partial charge in [-0.25, -0.2) is 0 Å². The zero-order valence-electron chi connectivity index (χ0n) is 23.1. The molecule has 0 aliphatic carbocycles. The van der Waals surface area contributed by atoms with Crippen LogP contribution >= 0.6 is 24.8 Å². The van der Waals surface area contributed by atoms with Crippen LogP contribution in [0.15, 0.2) is 48.5 Å². The van der Waals surface area contributed by atoms with Gasteiger partial charge < -0.3 is 24.2 Å². The monoisotopic (exact) mass is 577 g/mol. The summed E-state index contributed by atoms with van der Waals surface area (Å²) in [5, 5.41) is 0. The van der Waals surface area contributed by atoms with Gasteiger partial charge in [0.25, 0.3) is 0 Å². The van der Waals surface area contributed by atoms with Crippen molar-refractivity contribution in [2.45, 2.75) is 50.9 Å². The molecule has 0 saturated carbocycles. The Balaban J connectivity index is 0.00000210. The highest BCUT2D eigenvalue weighted by atomic mass is 35.5. The minimum atomic E-state index is -0.427. The second-order valence-electron chi connectivity index (χ2n) is 10.8. The molecule has 0 atom stereocenters. The molecule has 0 N–H and O–H groups in total. The lowest BCUT2D eigenvalue weighted by atomic mass is 9.88. The molecule has 0 radical (unpaired) electrons. The fourth-order valence-electron chi connectivity index (χ4n) is 6.00. The third-order valence-electron chi connectivity index (χ3n) is 8.14. The van der Waals surface area contributed by atoms with Gasteiger partial charge in [-0.2, -0.15) is 0 Å². The first-order chi connectivity index (χ1) is 18.3. The van der Waals surface area contributed by atoms with Crippen LogP contribution in [0.5, 0.6) is 11.5 Å². The molecule has 3 aliphatic rings. The maximum Gasteiger partial charge on any atom is 0.318 e.